The number of nitrogens with one attached hydrogen (secondary N) is 1. The van der Waals surface area contributed by atoms with E-state index < -0.39 is 0 Å². The van der Waals surface area contributed by atoms with Crippen LogP contribution in [0.25, 0.3) is 15.3 Å². The maximum absolute atomic E-state index is 12.5. The van der Waals surface area contributed by atoms with Gasteiger partial charge in [0.25, 0.3) is 0 Å². The molecule has 4 aromatic rings. The van der Waals surface area contributed by atoms with E-state index >= 15 is 0 Å². The Labute approximate surface area is 165 Å². The predicted octanol–water partition coefficient (Wildman–Crippen LogP) is 4.27. The monoisotopic (exact) mass is 390 g/mol. The van der Waals surface area contributed by atoms with Crippen LogP contribution in [0.1, 0.15) is 29.2 Å². The Hall–Kier alpha value is -3.19. The number of carbonyl (C=O) groups excluding carboxylic acids is 1. The van der Waals surface area contributed by atoms with Crippen molar-refractivity contribution in [1.82, 2.24) is 14.8 Å². The number of thiazole rings is 1. The van der Waals surface area contributed by atoms with Gasteiger partial charge < -0.3 is 10.1 Å². The summed E-state index contributed by atoms with van der Waals surface area (Å²) in [4.78, 5) is 17.2. The molecule has 0 saturated carbocycles. The second-order valence-electron chi connectivity index (χ2n) is 6.81. The summed E-state index contributed by atoms with van der Waals surface area (Å²) in [5.74, 6) is 1.49. The van der Waals surface area contributed by atoms with Gasteiger partial charge in [0.2, 0.25) is 11.0 Å². The number of rotatable bonds is 3. The Morgan fingerprint density at radius 1 is 1.21 bits per heavy atom. The summed E-state index contributed by atoms with van der Waals surface area (Å²) in [6, 6.07) is 15.9. The average Bonchev–Trinajstić information content (AvgIpc) is 3.28. The molecule has 7 heteroatoms. The Kier molecular flexibility index (Phi) is 3.91. The highest BCUT2D eigenvalue weighted by Gasteiger charge is 2.33. The molecule has 1 amide bonds. The largest absolute Gasteiger partial charge is 0.497 e. The molecular formula is C21H18N4O2S. The third-order valence-electron chi connectivity index (χ3n) is 5.07. The second-order valence-corrected chi connectivity index (χ2v) is 7.81. The predicted molar refractivity (Wildman–Crippen MR) is 110 cm³/mol. The Morgan fingerprint density at radius 2 is 2.04 bits per heavy atom. The summed E-state index contributed by atoms with van der Waals surface area (Å²) >= 11 is 1.52. The van der Waals surface area contributed by atoms with Crippen LogP contribution in [0.5, 0.6) is 5.75 Å². The second kappa shape index (κ2) is 6.45. The first-order valence-electron chi connectivity index (χ1n) is 9.03. The van der Waals surface area contributed by atoms with Crippen LogP contribution in [0.3, 0.4) is 0 Å². The quantitative estimate of drug-likeness (QED) is 0.567. The lowest BCUT2D eigenvalue weighted by Gasteiger charge is -2.24. The van der Waals surface area contributed by atoms with E-state index in [1.165, 1.54) is 11.3 Å². The fourth-order valence-electron chi connectivity index (χ4n) is 3.77. The molecule has 6 nitrogen and oxygen atoms in total. The normalized spacial score (nSPS) is 16.1. The molecule has 0 fully saturated rings. The van der Waals surface area contributed by atoms with Gasteiger partial charge in [-0.05, 0) is 30.7 Å². The molecule has 2 aromatic carbocycles. The third kappa shape index (κ3) is 2.66. The Balaban J connectivity index is 1.66. The summed E-state index contributed by atoms with van der Waals surface area (Å²) in [6.07, 6.45) is 0.417. The first kappa shape index (κ1) is 16.9. The highest BCUT2D eigenvalue weighted by atomic mass is 32.1. The van der Waals surface area contributed by atoms with Crippen LogP contribution in [-0.4, -0.2) is 27.8 Å². The van der Waals surface area contributed by atoms with Crippen LogP contribution in [0.2, 0.25) is 0 Å². The van der Waals surface area contributed by atoms with E-state index in [4.69, 9.17) is 14.8 Å². The molecule has 0 spiro atoms. The van der Waals surface area contributed by atoms with Crippen molar-refractivity contribution < 1.29 is 9.53 Å². The molecule has 0 radical (unpaired) electrons. The van der Waals surface area contributed by atoms with Gasteiger partial charge in [0, 0.05) is 17.9 Å². The number of methoxy groups -OCH3 is 1. The molecule has 3 heterocycles. The number of amides is 1. The molecule has 1 aliphatic rings. The molecule has 28 heavy (non-hydrogen) atoms. The van der Waals surface area contributed by atoms with Crippen LogP contribution in [0.4, 0.5) is 5.82 Å². The third-order valence-corrected chi connectivity index (χ3v) is 6.06. The molecule has 1 aliphatic heterocycles. The lowest BCUT2D eigenvalue weighted by molar-refractivity contribution is -0.116. The first-order chi connectivity index (χ1) is 13.6. The highest BCUT2D eigenvalue weighted by molar-refractivity contribution is 7.20. The first-order valence-corrected chi connectivity index (χ1v) is 9.85. The molecule has 2 aromatic heterocycles. The molecule has 1 unspecified atom stereocenters. The zero-order valence-corrected chi connectivity index (χ0v) is 16.3. The zero-order valence-electron chi connectivity index (χ0n) is 15.5. The molecule has 0 saturated heterocycles. The van der Waals surface area contributed by atoms with E-state index in [0.717, 1.165) is 37.9 Å². The van der Waals surface area contributed by atoms with E-state index in [-0.39, 0.29) is 11.8 Å². The van der Waals surface area contributed by atoms with Gasteiger partial charge in [0.1, 0.15) is 11.6 Å². The van der Waals surface area contributed by atoms with Gasteiger partial charge >= 0.3 is 0 Å². The van der Waals surface area contributed by atoms with E-state index in [1.54, 1.807) is 11.8 Å². The molecule has 5 rings (SSSR count). The van der Waals surface area contributed by atoms with Crippen molar-refractivity contribution in [3.8, 4) is 10.9 Å². The van der Waals surface area contributed by atoms with Gasteiger partial charge in [-0.15, -0.1) is 0 Å². The van der Waals surface area contributed by atoms with Crippen LogP contribution in [-0.2, 0) is 4.79 Å². The minimum atomic E-state index is -0.00900. The van der Waals surface area contributed by atoms with Crippen molar-refractivity contribution in [3.05, 3.63) is 65.4 Å². The molecule has 0 bridgehead atoms. The molecule has 0 aliphatic carbocycles. The lowest BCUT2D eigenvalue weighted by atomic mass is 9.86. The fraction of sp³-hybridized carbons (Fsp3) is 0.190. The number of nitrogens with zero attached hydrogens (tertiary/aromatic N) is 3. The summed E-state index contributed by atoms with van der Waals surface area (Å²) in [6.45, 7) is 1.99. The number of hydrogen-bond donors (Lipinski definition) is 1. The van der Waals surface area contributed by atoms with Crippen LogP contribution >= 0.6 is 11.3 Å². The van der Waals surface area contributed by atoms with Gasteiger partial charge in [-0.25, -0.2) is 4.98 Å². The van der Waals surface area contributed by atoms with E-state index in [2.05, 4.69) is 17.4 Å². The molecule has 1 N–H and O–H groups in total. The summed E-state index contributed by atoms with van der Waals surface area (Å²) in [7, 11) is 1.65. The van der Waals surface area contributed by atoms with Crippen molar-refractivity contribution in [2.75, 3.05) is 12.4 Å². The fourth-order valence-corrected chi connectivity index (χ4v) is 4.72. The summed E-state index contributed by atoms with van der Waals surface area (Å²) in [5.41, 5.74) is 3.96. The SMILES string of the molecule is COc1ccc2nc(-n3nc(C)c4c3NC(=O)CC4c3ccccc3)sc2c1. The van der Waals surface area contributed by atoms with E-state index in [1.807, 2.05) is 43.3 Å². The van der Waals surface area contributed by atoms with Crippen LogP contribution in [0.15, 0.2) is 48.5 Å². The Bertz CT molecular complexity index is 1200. The molecule has 1 atom stereocenters. The van der Waals surface area contributed by atoms with Crippen molar-refractivity contribution in [1.29, 1.82) is 0 Å². The smallest absolute Gasteiger partial charge is 0.226 e. The number of hydrogen-bond acceptors (Lipinski definition) is 5. The number of ether oxygens (including phenoxy) is 1. The maximum atomic E-state index is 12.5. The van der Waals surface area contributed by atoms with E-state index in [0.29, 0.717) is 12.2 Å². The highest BCUT2D eigenvalue weighted by Crippen LogP contribution is 2.41. The molecule has 140 valence electrons. The van der Waals surface area contributed by atoms with Crippen LogP contribution < -0.4 is 10.1 Å². The van der Waals surface area contributed by atoms with Gasteiger partial charge in [0.05, 0.1) is 23.0 Å². The van der Waals surface area contributed by atoms with Crippen molar-refractivity contribution in [2.24, 2.45) is 0 Å². The molecular weight excluding hydrogens is 372 g/mol. The van der Waals surface area contributed by atoms with Crippen molar-refractivity contribution >= 4 is 33.3 Å². The van der Waals surface area contributed by atoms with Gasteiger partial charge in [-0.1, -0.05) is 41.7 Å². The van der Waals surface area contributed by atoms with Gasteiger partial charge in [-0.2, -0.15) is 9.78 Å². The standard InChI is InChI=1S/C21H18N4O2S/c1-12-19-15(13-6-4-3-5-7-13)11-18(26)23-20(19)25(24-12)21-22-16-9-8-14(27-2)10-17(16)28-21/h3-10,15H,11H2,1-2H3,(H,23,26). The Morgan fingerprint density at radius 3 is 2.82 bits per heavy atom. The van der Waals surface area contributed by atoms with Gasteiger partial charge in [-0.3, -0.25) is 4.79 Å². The van der Waals surface area contributed by atoms with E-state index in [9.17, 15) is 4.79 Å². The summed E-state index contributed by atoms with van der Waals surface area (Å²) < 4.78 is 8.08. The lowest BCUT2D eigenvalue weighted by Crippen LogP contribution is -2.24. The summed E-state index contributed by atoms with van der Waals surface area (Å²) in [5, 5.41) is 8.47. The van der Waals surface area contributed by atoms with Gasteiger partial charge in [0.15, 0.2) is 0 Å². The van der Waals surface area contributed by atoms with Crippen molar-refractivity contribution in [2.45, 2.75) is 19.3 Å². The number of anilines is 1. The number of aryl methyl sites for hydroxylation is 1. The average molecular weight is 390 g/mol. The number of fused-ring (bicyclic) bond motifs is 2. The van der Waals surface area contributed by atoms with Crippen LogP contribution in [0, 0.1) is 6.92 Å². The minimum absolute atomic E-state index is 0.00632. The maximum Gasteiger partial charge on any atom is 0.226 e. The number of carbonyl (C=O) groups is 1. The number of aromatic nitrogens is 3. The topological polar surface area (TPSA) is 69.0 Å². The zero-order chi connectivity index (χ0) is 19.3. The van der Waals surface area contributed by atoms with Crippen molar-refractivity contribution in [3.63, 3.8) is 0 Å². The minimum Gasteiger partial charge on any atom is -0.497 e. The number of benzene rings is 2.